The summed E-state index contributed by atoms with van der Waals surface area (Å²) < 4.78 is 0. The number of nitrogens with two attached hydrogens (primary N) is 1. The van der Waals surface area contributed by atoms with E-state index in [1.807, 2.05) is 6.07 Å². The third kappa shape index (κ3) is 1.32. The van der Waals surface area contributed by atoms with Crippen molar-refractivity contribution in [3.63, 3.8) is 0 Å². The number of nitrogens with zero attached hydrogens (tertiary/aromatic N) is 1. The highest BCUT2D eigenvalue weighted by atomic mass is 35.5. The molecule has 1 aromatic heterocycles. The largest absolute Gasteiger partial charge is 0.397 e. The molecule has 0 saturated heterocycles. The van der Waals surface area contributed by atoms with Gasteiger partial charge >= 0.3 is 0 Å². The van der Waals surface area contributed by atoms with E-state index in [-0.39, 0.29) is 0 Å². The average molecular weight is 213 g/mol. The summed E-state index contributed by atoms with van der Waals surface area (Å²) in [6.45, 7) is 0. The SMILES string of the molecule is Nc1cncc2ccc(Cl)c(Cl)c12. The Morgan fingerprint density at radius 3 is 2.69 bits per heavy atom. The molecule has 1 aromatic carbocycles. The van der Waals surface area contributed by atoms with Crippen LogP contribution in [0.4, 0.5) is 5.69 Å². The monoisotopic (exact) mass is 212 g/mol. The van der Waals surface area contributed by atoms with Gasteiger partial charge < -0.3 is 5.73 Å². The second-order valence-corrected chi connectivity index (χ2v) is 3.47. The Bertz CT molecular complexity index is 468. The number of hydrogen-bond donors (Lipinski definition) is 1. The fourth-order valence-electron chi connectivity index (χ4n) is 1.23. The first-order chi connectivity index (χ1) is 6.20. The lowest BCUT2D eigenvalue weighted by Crippen LogP contribution is -1.89. The summed E-state index contributed by atoms with van der Waals surface area (Å²) in [5.74, 6) is 0. The van der Waals surface area contributed by atoms with E-state index in [0.717, 1.165) is 10.8 Å². The van der Waals surface area contributed by atoms with E-state index in [0.29, 0.717) is 15.7 Å². The van der Waals surface area contributed by atoms with Gasteiger partial charge in [-0.3, -0.25) is 4.98 Å². The summed E-state index contributed by atoms with van der Waals surface area (Å²) in [5.41, 5.74) is 6.27. The molecule has 0 fully saturated rings. The lowest BCUT2D eigenvalue weighted by atomic mass is 10.1. The Morgan fingerprint density at radius 1 is 1.15 bits per heavy atom. The fraction of sp³-hybridized carbons (Fsp3) is 0. The second kappa shape index (κ2) is 3.05. The molecule has 0 bridgehead atoms. The lowest BCUT2D eigenvalue weighted by Gasteiger charge is -2.04. The molecule has 0 aliphatic carbocycles. The summed E-state index contributed by atoms with van der Waals surface area (Å²) >= 11 is 11.8. The molecule has 0 radical (unpaired) electrons. The molecule has 0 spiro atoms. The number of hydrogen-bond acceptors (Lipinski definition) is 2. The van der Waals surface area contributed by atoms with E-state index in [4.69, 9.17) is 28.9 Å². The van der Waals surface area contributed by atoms with Gasteiger partial charge in [0.1, 0.15) is 0 Å². The van der Waals surface area contributed by atoms with Crippen LogP contribution < -0.4 is 5.73 Å². The van der Waals surface area contributed by atoms with E-state index in [2.05, 4.69) is 4.98 Å². The van der Waals surface area contributed by atoms with Crippen LogP contribution in [-0.2, 0) is 0 Å². The van der Waals surface area contributed by atoms with E-state index in [1.165, 1.54) is 0 Å². The van der Waals surface area contributed by atoms with E-state index in [9.17, 15) is 0 Å². The number of halogens is 2. The van der Waals surface area contributed by atoms with Crippen LogP contribution in [0.1, 0.15) is 0 Å². The van der Waals surface area contributed by atoms with Crippen molar-refractivity contribution in [2.75, 3.05) is 5.73 Å². The van der Waals surface area contributed by atoms with Gasteiger partial charge in [-0.1, -0.05) is 29.3 Å². The van der Waals surface area contributed by atoms with Crippen molar-refractivity contribution in [2.45, 2.75) is 0 Å². The molecular weight excluding hydrogens is 207 g/mol. The minimum atomic E-state index is 0.485. The zero-order chi connectivity index (χ0) is 9.42. The molecule has 0 atom stereocenters. The van der Waals surface area contributed by atoms with Gasteiger partial charge in [-0.2, -0.15) is 0 Å². The molecule has 1 heterocycles. The van der Waals surface area contributed by atoms with Gasteiger partial charge in [-0.15, -0.1) is 0 Å². The predicted molar refractivity (Wildman–Crippen MR) is 56.2 cm³/mol. The quantitative estimate of drug-likeness (QED) is 0.730. The molecule has 0 amide bonds. The summed E-state index contributed by atoms with van der Waals surface area (Å²) in [6, 6.07) is 3.57. The molecule has 4 heteroatoms. The molecule has 0 saturated carbocycles. The molecule has 2 aromatic rings. The maximum absolute atomic E-state index is 5.99. The highest BCUT2D eigenvalue weighted by molar-refractivity contribution is 6.45. The number of fused-ring (bicyclic) bond motifs is 1. The van der Waals surface area contributed by atoms with Gasteiger partial charge in [0, 0.05) is 17.0 Å². The van der Waals surface area contributed by atoms with E-state index < -0.39 is 0 Å². The highest BCUT2D eigenvalue weighted by Gasteiger charge is 2.06. The van der Waals surface area contributed by atoms with Crippen molar-refractivity contribution < 1.29 is 0 Å². The summed E-state index contributed by atoms with van der Waals surface area (Å²) in [4.78, 5) is 3.96. The first kappa shape index (κ1) is 8.60. The summed E-state index contributed by atoms with van der Waals surface area (Å²) in [6.07, 6.45) is 3.26. The Hall–Kier alpha value is -0.990. The normalized spacial score (nSPS) is 10.6. The van der Waals surface area contributed by atoms with Gasteiger partial charge in [0.15, 0.2) is 0 Å². The third-order valence-electron chi connectivity index (χ3n) is 1.84. The Kier molecular flexibility index (Phi) is 2.02. The minimum absolute atomic E-state index is 0.485. The molecule has 0 aliphatic heterocycles. The topological polar surface area (TPSA) is 38.9 Å². The van der Waals surface area contributed by atoms with Crippen molar-refractivity contribution in [3.05, 3.63) is 34.6 Å². The number of rotatable bonds is 0. The number of anilines is 1. The first-order valence-electron chi connectivity index (χ1n) is 3.67. The highest BCUT2D eigenvalue weighted by Crippen LogP contribution is 2.33. The van der Waals surface area contributed by atoms with Crippen LogP contribution in [0.2, 0.25) is 10.0 Å². The molecule has 66 valence electrons. The smallest absolute Gasteiger partial charge is 0.0692 e. The van der Waals surface area contributed by atoms with Gasteiger partial charge in [-0.25, -0.2) is 0 Å². The molecule has 13 heavy (non-hydrogen) atoms. The van der Waals surface area contributed by atoms with Crippen molar-refractivity contribution in [3.8, 4) is 0 Å². The minimum Gasteiger partial charge on any atom is -0.397 e. The van der Waals surface area contributed by atoms with Crippen molar-refractivity contribution in [1.82, 2.24) is 4.98 Å². The van der Waals surface area contributed by atoms with Crippen molar-refractivity contribution >= 4 is 39.7 Å². The Morgan fingerprint density at radius 2 is 1.92 bits per heavy atom. The zero-order valence-electron chi connectivity index (χ0n) is 6.59. The lowest BCUT2D eigenvalue weighted by molar-refractivity contribution is 1.37. The predicted octanol–water partition coefficient (Wildman–Crippen LogP) is 3.12. The molecular formula is C9H6Cl2N2. The van der Waals surface area contributed by atoms with Crippen molar-refractivity contribution in [2.24, 2.45) is 0 Å². The Balaban J connectivity index is 2.97. The summed E-state index contributed by atoms with van der Waals surface area (Å²) in [7, 11) is 0. The first-order valence-corrected chi connectivity index (χ1v) is 4.43. The van der Waals surface area contributed by atoms with Gasteiger partial charge in [0.25, 0.3) is 0 Å². The average Bonchev–Trinajstić information content (AvgIpc) is 2.12. The Labute approximate surface area is 85.3 Å². The third-order valence-corrected chi connectivity index (χ3v) is 2.65. The standard InChI is InChI=1S/C9H6Cl2N2/c10-6-2-1-5-3-13-4-7(12)8(5)9(6)11/h1-4H,12H2. The molecule has 2 rings (SSSR count). The van der Waals surface area contributed by atoms with Crippen LogP contribution in [0.3, 0.4) is 0 Å². The van der Waals surface area contributed by atoms with E-state index >= 15 is 0 Å². The van der Waals surface area contributed by atoms with Gasteiger partial charge in [0.05, 0.1) is 21.9 Å². The molecule has 0 aliphatic rings. The van der Waals surface area contributed by atoms with Crippen LogP contribution in [0.15, 0.2) is 24.5 Å². The summed E-state index contributed by atoms with van der Waals surface area (Å²) in [5, 5.41) is 2.66. The van der Waals surface area contributed by atoms with Gasteiger partial charge in [0.2, 0.25) is 0 Å². The molecule has 2 N–H and O–H groups in total. The number of benzene rings is 1. The fourth-order valence-corrected chi connectivity index (χ4v) is 1.67. The van der Waals surface area contributed by atoms with Crippen LogP contribution >= 0.6 is 23.2 Å². The maximum atomic E-state index is 5.99. The van der Waals surface area contributed by atoms with Crippen LogP contribution in [-0.4, -0.2) is 4.98 Å². The second-order valence-electron chi connectivity index (χ2n) is 2.69. The molecule has 0 unspecified atom stereocenters. The number of nitrogen functional groups attached to an aromatic ring is 1. The van der Waals surface area contributed by atoms with Crippen LogP contribution in [0, 0.1) is 0 Å². The maximum Gasteiger partial charge on any atom is 0.0692 e. The zero-order valence-corrected chi connectivity index (χ0v) is 8.10. The van der Waals surface area contributed by atoms with Crippen molar-refractivity contribution in [1.29, 1.82) is 0 Å². The number of aromatic nitrogens is 1. The van der Waals surface area contributed by atoms with Crippen LogP contribution in [0.5, 0.6) is 0 Å². The van der Waals surface area contributed by atoms with E-state index in [1.54, 1.807) is 18.5 Å². The number of pyridine rings is 1. The van der Waals surface area contributed by atoms with Crippen LogP contribution in [0.25, 0.3) is 10.8 Å². The van der Waals surface area contributed by atoms with Gasteiger partial charge in [-0.05, 0) is 6.07 Å². The molecule has 2 nitrogen and oxygen atoms in total.